The normalized spacial score (nSPS) is 36.7. The van der Waals surface area contributed by atoms with E-state index in [1.54, 1.807) is 0 Å². The Labute approximate surface area is 79.5 Å². The number of hydrogen-bond acceptors (Lipinski definition) is 3. The molecule has 0 spiro atoms. The van der Waals surface area contributed by atoms with E-state index in [1.165, 1.54) is 6.42 Å². The Morgan fingerprint density at radius 2 is 2.15 bits per heavy atom. The van der Waals surface area contributed by atoms with Crippen LogP contribution in [0.3, 0.4) is 0 Å². The number of aliphatic hydroxyl groups is 1. The van der Waals surface area contributed by atoms with Gasteiger partial charge < -0.3 is 15.2 Å². The molecule has 2 heterocycles. The first kappa shape index (κ1) is 9.44. The van der Waals surface area contributed by atoms with E-state index in [2.05, 4.69) is 5.32 Å². The lowest BCUT2D eigenvalue weighted by molar-refractivity contribution is 0.0142. The predicted molar refractivity (Wildman–Crippen MR) is 50.6 cm³/mol. The van der Waals surface area contributed by atoms with Gasteiger partial charge in [-0.2, -0.15) is 0 Å². The number of nitrogens with one attached hydrogen (secondary N) is 1. The summed E-state index contributed by atoms with van der Waals surface area (Å²) in [7, 11) is 0. The molecule has 3 heteroatoms. The standard InChI is InChI=1S/C10H19NO2/c12-8-10(4-1-5-11-10)9-2-6-13-7-3-9/h9,11-12H,1-8H2. The largest absolute Gasteiger partial charge is 0.394 e. The number of aliphatic hydroxyl groups excluding tert-OH is 1. The van der Waals surface area contributed by atoms with Crippen LogP contribution in [0.25, 0.3) is 0 Å². The van der Waals surface area contributed by atoms with Gasteiger partial charge in [0.05, 0.1) is 6.61 Å². The van der Waals surface area contributed by atoms with E-state index in [-0.39, 0.29) is 12.1 Å². The lowest BCUT2D eigenvalue weighted by atomic mass is 9.78. The molecule has 2 saturated heterocycles. The Morgan fingerprint density at radius 1 is 1.38 bits per heavy atom. The first-order valence-electron chi connectivity index (χ1n) is 5.31. The van der Waals surface area contributed by atoms with E-state index >= 15 is 0 Å². The number of ether oxygens (including phenoxy) is 1. The minimum absolute atomic E-state index is 0.0315. The summed E-state index contributed by atoms with van der Waals surface area (Å²) in [5.41, 5.74) is 0.0315. The Balaban J connectivity index is 2.01. The maximum absolute atomic E-state index is 9.47. The fraction of sp³-hybridized carbons (Fsp3) is 1.00. The smallest absolute Gasteiger partial charge is 0.0616 e. The van der Waals surface area contributed by atoms with Crippen LogP contribution in [-0.4, -0.2) is 37.0 Å². The fourth-order valence-corrected chi connectivity index (χ4v) is 2.69. The van der Waals surface area contributed by atoms with Gasteiger partial charge in [-0.3, -0.25) is 0 Å². The van der Waals surface area contributed by atoms with Crippen LogP contribution in [0.15, 0.2) is 0 Å². The van der Waals surface area contributed by atoms with Crippen molar-refractivity contribution in [2.45, 2.75) is 31.2 Å². The molecule has 0 aromatic heterocycles. The highest BCUT2D eigenvalue weighted by molar-refractivity contribution is 4.98. The van der Waals surface area contributed by atoms with Gasteiger partial charge in [-0.1, -0.05) is 0 Å². The van der Waals surface area contributed by atoms with Crippen molar-refractivity contribution in [3.8, 4) is 0 Å². The van der Waals surface area contributed by atoms with Gasteiger partial charge in [-0.25, -0.2) is 0 Å². The van der Waals surface area contributed by atoms with Crippen molar-refractivity contribution in [1.29, 1.82) is 0 Å². The van der Waals surface area contributed by atoms with Crippen LogP contribution in [-0.2, 0) is 4.74 Å². The third-order valence-electron chi connectivity index (χ3n) is 3.56. The second-order valence-electron chi connectivity index (χ2n) is 4.23. The quantitative estimate of drug-likeness (QED) is 0.659. The van der Waals surface area contributed by atoms with Crippen LogP contribution < -0.4 is 5.32 Å². The minimum Gasteiger partial charge on any atom is -0.394 e. The Kier molecular flexibility index (Phi) is 2.86. The zero-order valence-corrected chi connectivity index (χ0v) is 8.09. The Bertz CT molecular complexity index is 160. The molecular formula is C10H19NO2. The zero-order chi connectivity index (χ0) is 9.15. The van der Waals surface area contributed by atoms with Gasteiger partial charge in [0.2, 0.25) is 0 Å². The third kappa shape index (κ3) is 1.73. The highest BCUT2D eigenvalue weighted by Crippen LogP contribution is 2.33. The highest BCUT2D eigenvalue weighted by Gasteiger charge is 2.40. The maximum atomic E-state index is 9.47. The molecule has 2 fully saturated rings. The summed E-state index contributed by atoms with van der Waals surface area (Å²) in [6.07, 6.45) is 4.55. The van der Waals surface area contributed by atoms with Crippen LogP contribution >= 0.6 is 0 Å². The molecule has 1 unspecified atom stereocenters. The van der Waals surface area contributed by atoms with E-state index in [4.69, 9.17) is 4.74 Å². The first-order chi connectivity index (χ1) is 6.37. The summed E-state index contributed by atoms with van der Waals surface area (Å²) < 4.78 is 5.34. The molecule has 0 saturated carbocycles. The summed E-state index contributed by atoms with van der Waals surface area (Å²) >= 11 is 0. The topological polar surface area (TPSA) is 41.5 Å². The summed E-state index contributed by atoms with van der Waals surface area (Å²) in [6.45, 7) is 3.10. The molecule has 0 amide bonds. The molecule has 0 radical (unpaired) electrons. The van der Waals surface area contributed by atoms with Gasteiger partial charge in [0, 0.05) is 18.8 Å². The van der Waals surface area contributed by atoms with Crippen LogP contribution in [0, 0.1) is 5.92 Å². The molecule has 0 aliphatic carbocycles. The molecule has 3 nitrogen and oxygen atoms in total. The van der Waals surface area contributed by atoms with Gasteiger partial charge in [-0.15, -0.1) is 0 Å². The van der Waals surface area contributed by atoms with Gasteiger partial charge >= 0.3 is 0 Å². The van der Waals surface area contributed by atoms with Crippen molar-refractivity contribution in [3.05, 3.63) is 0 Å². The van der Waals surface area contributed by atoms with E-state index in [0.717, 1.165) is 39.0 Å². The molecule has 1 atom stereocenters. The van der Waals surface area contributed by atoms with Gasteiger partial charge in [-0.05, 0) is 38.1 Å². The average Bonchev–Trinajstić information content (AvgIpc) is 2.69. The number of rotatable bonds is 2. The first-order valence-corrected chi connectivity index (χ1v) is 5.31. The highest BCUT2D eigenvalue weighted by atomic mass is 16.5. The van der Waals surface area contributed by atoms with E-state index in [0.29, 0.717) is 5.92 Å². The molecule has 2 aliphatic rings. The van der Waals surface area contributed by atoms with Crippen molar-refractivity contribution in [2.24, 2.45) is 5.92 Å². The second kappa shape index (κ2) is 3.95. The molecule has 0 aromatic rings. The van der Waals surface area contributed by atoms with E-state index in [1.807, 2.05) is 0 Å². The molecular weight excluding hydrogens is 166 g/mol. The number of hydrogen-bond donors (Lipinski definition) is 2. The fourth-order valence-electron chi connectivity index (χ4n) is 2.69. The maximum Gasteiger partial charge on any atom is 0.0616 e. The monoisotopic (exact) mass is 185 g/mol. The van der Waals surface area contributed by atoms with Crippen LogP contribution in [0.5, 0.6) is 0 Å². The second-order valence-corrected chi connectivity index (χ2v) is 4.23. The molecule has 76 valence electrons. The Hall–Kier alpha value is -0.120. The van der Waals surface area contributed by atoms with Crippen molar-refractivity contribution in [1.82, 2.24) is 5.32 Å². The lowest BCUT2D eigenvalue weighted by Crippen LogP contribution is -2.51. The predicted octanol–water partition coefficient (Wildman–Crippen LogP) is 0.528. The van der Waals surface area contributed by atoms with Crippen LogP contribution in [0.2, 0.25) is 0 Å². The zero-order valence-electron chi connectivity index (χ0n) is 8.09. The van der Waals surface area contributed by atoms with Gasteiger partial charge in [0.15, 0.2) is 0 Å². The van der Waals surface area contributed by atoms with Crippen molar-refractivity contribution in [3.63, 3.8) is 0 Å². The third-order valence-corrected chi connectivity index (χ3v) is 3.56. The summed E-state index contributed by atoms with van der Waals surface area (Å²) in [6, 6.07) is 0. The SMILES string of the molecule is OCC1(C2CCOCC2)CCCN1. The lowest BCUT2D eigenvalue weighted by Gasteiger charge is -2.38. The van der Waals surface area contributed by atoms with E-state index in [9.17, 15) is 5.11 Å². The Morgan fingerprint density at radius 3 is 2.69 bits per heavy atom. The van der Waals surface area contributed by atoms with Gasteiger partial charge in [0.1, 0.15) is 0 Å². The van der Waals surface area contributed by atoms with Crippen molar-refractivity contribution < 1.29 is 9.84 Å². The van der Waals surface area contributed by atoms with E-state index < -0.39 is 0 Å². The summed E-state index contributed by atoms with van der Waals surface area (Å²) in [4.78, 5) is 0. The van der Waals surface area contributed by atoms with Crippen LogP contribution in [0.1, 0.15) is 25.7 Å². The van der Waals surface area contributed by atoms with Crippen molar-refractivity contribution in [2.75, 3.05) is 26.4 Å². The molecule has 0 aromatic carbocycles. The van der Waals surface area contributed by atoms with Crippen molar-refractivity contribution >= 4 is 0 Å². The molecule has 0 bridgehead atoms. The summed E-state index contributed by atoms with van der Waals surface area (Å²) in [5.74, 6) is 0.619. The molecule has 13 heavy (non-hydrogen) atoms. The average molecular weight is 185 g/mol. The summed E-state index contributed by atoms with van der Waals surface area (Å²) in [5, 5.41) is 12.9. The molecule has 2 N–H and O–H groups in total. The molecule has 2 rings (SSSR count). The minimum atomic E-state index is 0.0315. The van der Waals surface area contributed by atoms with Crippen LogP contribution in [0.4, 0.5) is 0 Å². The molecule has 2 aliphatic heterocycles. The van der Waals surface area contributed by atoms with Gasteiger partial charge in [0.25, 0.3) is 0 Å².